The molecule has 17 heavy (non-hydrogen) atoms. The minimum atomic E-state index is -0.132. The van der Waals surface area contributed by atoms with Crippen LogP contribution in [0.4, 0.5) is 5.69 Å². The van der Waals surface area contributed by atoms with Crippen LogP contribution in [0.15, 0.2) is 35.9 Å². The number of nitrogens with one attached hydrogen (secondary N) is 1. The Bertz CT molecular complexity index is 461. The minimum Gasteiger partial charge on any atom is -0.322 e. The Kier molecular flexibility index (Phi) is 4.64. The molecule has 0 aromatic heterocycles. The fourth-order valence-corrected chi connectivity index (χ4v) is 1.44. The molecule has 0 bridgehead atoms. The highest BCUT2D eigenvalue weighted by Gasteiger charge is 2.05. The molecule has 3 nitrogen and oxygen atoms in total. The van der Waals surface area contributed by atoms with Gasteiger partial charge in [-0.2, -0.15) is 0 Å². The van der Waals surface area contributed by atoms with Crippen molar-refractivity contribution in [3.8, 4) is 0 Å². The summed E-state index contributed by atoms with van der Waals surface area (Å²) in [7, 11) is 0. The highest BCUT2D eigenvalue weighted by molar-refractivity contribution is 6.04. The maximum Gasteiger partial charge on any atom is 0.250 e. The molecule has 0 aliphatic carbocycles. The molecule has 1 aromatic carbocycles. The van der Waals surface area contributed by atoms with E-state index < -0.39 is 0 Å². The average Bonchev–Trinajstić information content (AvgIpc) is 2.29. The van der Waals surface area contributed by atoms with E-state index in [-0.39, 0.29) is 11.7 Å². The van der Waals surface area contributed by atoms with Gasteiger partial charge < -0.3 is 5.32 Å². The SMILES string of the molecule is CC/C=C(\C)C(=O)Nc1cccc(C(C)=O)c1. The number of carbonyl (C=O) groups is 2. The van der Waals surface area contributed by atoms with Crippen molar-refractivity contribution >= 4 is 17.4 Å². The van der Waals surface area contributed by atoms with Gasteiger partial charge in [0.1, 0.15) is 0 Å². The zero-order chi connectivity index (χ0) is 12.8. The van der Waals surface area contributed by atoms with Crippen LogP contribution in [-0.4, -0.2) is 11.7 Å². The number of Topliss-reactive ketones (excluding diaryl/α,β-unsaturated/α-hetero) is 1. The molecular weight excluding hydrogens is 214 g/mol. The van der Waals surface area contributed by atoms with Crippen LogP contribution in [0.1, 0.15) is 37.6 Å². The number of hydrogen-bond acceptors (Lipinski definition) is 2. The predicted octanol–water partition coefficient (Wildman–Crippen LogP) is 3.18. The number of amides is 1. The van der Waals surface area contributed by atoms with Crippen molar-refractivity contribution in [2.75, 3.05) is 5.32 Å². The van der Waals surface area contributed by atoms with E-state index in [2.05, 4.69) is 5.32 Å². The van der Waals surface area contributed by atoms with Gasteiger partial charge >= 0.3 is 0 Å². The normalized spacial score (nSPS) is 11.1. The Morgan fingerprint density at radius 2 is 2.00 bits per heavy atom. The molecule has 90 valence electrons. The van der Waals surface area contributed by atoms with Gasteiger partial charge in [-0.15, -0.1) is 0 Å². The van der Waals surface area contributed by atoms with Crippen LogP contribution in [-0.2, 0) is 4.79 Å². The number of anilines is 1. The van der Waals surface area contributed by atoms with E-state index in [0.717, 1.165) is 6.42 Å². The lowest BCUT2D eigenvalue weighted by molar-refractivity contribution is -0.112. The third-order valence-electron chi connectivity index (χ3n) is 2.40. The Balaban J connectivity index is 2.82. The Morgan fingerprint density at radius 3 is 2.59 bits per heavy atom. The van der Waals surface area contributed by atoms with Crippen molar-refractivity contribution in [1.82, 2.24) is 0 Å². The van der Waals surface area contributed by atoms with Gasteiger partial charge in [0.15, 0.2) is 5.78 Å². The first-order valence-corrected chi connectivity index (χ1v) is 5.63. The maximum atomic E-state index is 11.7. The second-order valence-corrected chi connectivity index (χ2v) is 3.89. The van der Waals surface area contributed by atoms with Crippen LogP contribution >= 0.6 is 0 Å². The molecule has 0 aliphatic heterocycles. The van der Waals surface area contributed by atoms with E-state index in [0.29, 0.717) is 16.8 Å². The lowest BCUT2D eigenvalue weighted by Gasteiger charge is -2.06. The van der Waals surface area contributed by atoms with Gasteiger partial charge in [0.25, 0.3) is 5.91 Å². The standard InChI is InChI=1S/C14H17NO2/c1-4-6-10(2)14(17)15-13-8-5-7-12(9-13)11(3)16/h5-9H,4H2,1-3H3,(H,15,17)/b10-6+. The number of allylic oxidation sites excluding steroid dienone is 1. The lowest BCUT2D eigenvalue weighted by Crippen LogP contribution is -2.12. The minimum absolute atomic E-state index is 0.0121. The zero-order valence-electron chi connectivity index (χ0n) is 10.4. The van der Waals surface area contributed by atoms with Crippen molar-refractivity contribution in [1.29, 1.82) is 0 Å². The summed E-state index contributed by atoms with van der Waals surface area (Å²) in [5, 5.41) is 2.76. The third-order valence-corrected chi connectivity index (χ3v) is 2.40. The summed E-state index contributed by atoms with van der Waals surface area (Å²) in [6.07, 6.45) is 2.69. The van der Waals surface area contributed by atoms with E-state index in [1.165, 1.54) is 6.92 Å². The Morgan fingerprint density at radius 1 is 1.29 bits per heavy atom. The van der Waals surface area contributed by atoms with Crippen molar-refractivity contribution in [2.24, 2.45) is 0 Å². The smallest absolute Gasteiger partial charge is 0.250 e. The highest BCUT2D eigenvalue weighted by Crippen LogP contribution is 2.12. The Hall–Kier alpha value is -1.90. The van der Waals surface area contributed by atoms with Gasteiger partial charge in [0.05, 0.1) is 0 Å². The van der Waals surface area contributed by atoms with Gasteiger partial charge in [-0.25, -0.2) is 0 Å². The fraction of sp³-hybridized carbons (Fsp3) is 0.286. The van der Waals surface area contributed by atoms with Crippen LogP contribution in [0.25, 0.3) is 0 Å². The number of carbonyl (C=O) groups excluding carboxylic acids is 2. The topological polar surface area (TPSA) is 46.2 Å². The number of hydrogen-bond donors (Lipinski definition) is 1. The molecule has 0 saturated heterocycles. The second kappa shape index (κ2) is 5.99. The summed E-state index contributed by atoms with van der Waals surface area (Å²) in [6.45, 7) is 5.25. The molecule has 0 radical (unpaired) electrons. The van der Waals surface area contributed by atoms with Crippen LogP contribution in [0.2, 0.25) is 0 Å². The molecule has 0 unspecified atom stereocenters. The Labute approximate surface area is 102 Å². The zero-order valence-corrected chi connectivity index (χ0v) is 10.4. The molecule has 1 amide bonds. The summed E-state index contributed by atoms with van der Waals surface area (Å²) in [5.41, 5.74) is 1.92. The number of ketones is 1. The molecular formula is C14H17NO2. The summed E-state index contributed by atoms with van der Waals surface area (Å²) < 4.78 is 0. The van der Waals surface area contributed by atoms with Crippen molar-refractivity contribution < 1.29 is 9.59 Å². The van der Waals surface area contributed by atoms with Gasteiger partial charge in [-0.05, 0) is 32.4 Å². The fourth-order valence-electron chi connectivity index (χ4n) is 1.44. The molecule has 0 fully saturated rings. The largest absolute Gasteiger partial charge is 0.322 e. The molecule has 0 atom stereocenters. The lowest BCUT2D eigenvalue weighted by atomic mass is 10.1. The van der Waals surface area contributed by atoms with Crippen LogP contribution < -0.4 is 5.32 Å². The average molecular weight is 231 g/mol. The highest BCUT2D eigenvalue weighted by atomic mass is 16.1. The monoisotopic (exact) mass is 231 g/mol. The van der Waals surface area contributed by atoms with Crippen molar-refractivity contribution in [3.63, 3.8) is 0 Å². The number of rotatable bonds is 4. The first kappa shape index (κ1) is 13.2. The molecule has 3 heteroatoms. The first-order chi connectivity index (χ1) is 8.04. The summed E-state index contributed by atoms with van der Waals surface area (Å²) in [6, 6.07) is 6.93. The summed E-state index contributed by atoms with van der Waals surface area (Å²) in [4.78, 5) is 22.9. The quantitative estimate of drug-likeness (QED) is 0.639. The molecule has 1 rings (SSSR count). The summed E-state index contributed by atoms with van der Waals surface area (Å²) in [5.74, 6) is -0.144. The molecule has 0 heterocycles. The summed E-state index contributed by atoms with van der Waals surface area (Å²) >= 11 is 0. The molecule has 1 N–H and O–H groups in total. The molecule has 0 saturated carbocycles. The van der Waals surface area contributed by atoms with Gasteiger partial charge in [-0.1, -0.05) is 25.1 Å². The van der Waals surface area contributed by atoms with Crippen LogP contribution in [0, 0.1) is 0 Å². The van der Waals surface area contributed by atoms with Gasteiger partial charge in [-0.3, -0.25) is 9.59 Å². The van der Waals surface area contributed by atoms with Crippen LogP contribution in [0.5, 0.6) is 0 Å². The first-order valence-electron chi connectivity index (χ1n) is 5.63. The predicted molar refractivity (Wildman–Crippen MR) is 69.1 cm³/mol. The number of benzene rings is 1. The third kappa shape index (κ3) is 3.87. The molecule has 1 aromatic rings. The van der Waals surface area contributed by atoms with Crippen molar-refractivity contribution in [3.05, 3.63) is 41.5 Å². The maximum absolute atomic E-state index is 11.7. The van der Waals surface area contributed by atoms with E-state index in [1.54, 1.807) is 31.2 Å². The van der Waals surface area contributed by atoms with Gasteiger partial charge in [0, 0.05) is 16.8 Å². The van der Waals surface area contributed by atoms with Gasteiger partial charge in [0.2, 0.25) is 0 Å². The second-order valence-electron chi connectivity index (χ2n) is 3.89. The van der Waals surface area contributed by atoms with E-state index in [9.17, 15) is 9.59 Å². The van der Waals surface area contributed by atoms with E-state index in [4.69, 9.17) is 0 Å². The van der Waals surface area contributed by atoms with Crippen molar-refractivity contribution in [2.45, 2.75) is 27.2 Å². The van der Waals surface area contributed by atoms with E-state index >= 15 is 0 Å². The van der Waals surface area contributed by atoms with E-state index in [1.807, 2.05) is 13.0 Å². The molecule has 0 aliphatic rings. The van der Waals surface area contributed by atoms with Crippen LogP contribution in [0.3, 0.4) is 0 Å². The molecule has 0 spiro atoms.